The number of aromatic nitrogens is 3. The Morgan fingerprint density at radius 2 is 1.84 bits per heavy atom. The quantitative estimate of drug-likeness (QED) is 0.196. The number of nitrogens with one attached hydrogen (secondary N) is 3. The standard InChI is InChI=1S/C35H31N7O2S/c1-3-7-26-27(4-2)39-32-28(8-5-19-36-32)42-31(23-9-13-24(14-10-23)35(37-21-43)17-6-18-35)30(41-33(26)42)22-11-15-25(16-12-22)38-34-40-29(44)20-45-34/h3-5,7-16,19,21H,2,6,17-18,20H2,1H3,(H,36,39)(H,37,43)(H,38,40,44)/b7-3-. The molecule has 0 atom stereocenters. The number of nitrogens with zero attached hydrogens (tertiary/aromatic N) is 4. The van der Waals surface area contributed by atoms with Gasteiger partial charge in [0.25, 0.3) is 0 Å². The van der Waals surface area contributed by atoms with Crippen LogP contribution >= 0.6 is 11.8 Å². The lowest BCUT2D eigenvalue weighted by Gasteiger charge is -2.42. The molecule has 2 amide bonds. The van der Waals surface area contributed by atoms with Crippen LogP contribution < -0.4 is 16.0 Å². The van der Waals surface area contributed by atoms with E-state index in [2.05, 4.69) is 61.3 Å². The molecule has 3 aliphatic rings. The van der Waals surface area contributed by atoms with Crippen molar-refractivity contribution in [3.8, 4) is 28.2 Å². The maximum Gasteiger partial charge on any atom is 0.236 e. The van der Waals surface area contributed by atoms with Gasteiger partial charge in [0.1, 0.15) is 5.82 Å². The van der Waals surface area contributed by atoms with Gasteiger partial charge in [-0.1, -0.05) is 66.9 Å². The number of amides is 2. The number of hydrogen-bond donors (Lipinski definition) is 3. The second-order valence-corrected chi connectivity index (χ2v) is 12.0. The molecular weight excluding hydrogens is 582 g/mol. The fourth-order valence-electron chi connectivity index (χ4n) is 6.09. The van der Waals surface area contributed by atoms with Crippen LogP contribution in [0.3, 0.4) is 0 Å². The summed E-state index contributed by atoms with van der Waals surface area (Å²) < 4.78 is 2.16. The Bertz CT molecular complexity index is 1920. The molecule has 0 spiro atoms. The Morgan fingerprint density at radius 1 is 1.07 bits per heavy atom. The van der Waals surface area contributed by atoms with Crippen molar-refractivity contribution < 1.29 is 9.59 Å². The number of anilines is 1. The van der Waals surface area contributed by atoms with Gasteiger partial charge in [-0.05, 0) is 62.1 Å². The number of pyridine rings is 1. The zero-order valence-electron chi connectivity index (χ0n) is 24.7. The SMILES string of the molecule is C=CC1=C(/C=C\C)c2nc(-c3ccc(N=C4NC(=O)CS4)cc3)c(-c3ccc(C4(NC=O)CCC4)cc3)n2-c2cccnc2N1. The molecule has 224 valence electrons. The molecule has 0 radical (unpaired) electrons. The zero-order chi connectivity index (χ0) is 31.0. The summed E-state index contributed by atoms with van der Waals surface area (Å²) in [4.78, 5) is 37.7. The predicted molar refractivity (Wildman–Crippen MR) is 180 cm³/mol. The van der Waals surface area contributed by atoms with Gasteiger partial charge >= 0.3 is 0 Å². The molecular formula is C35H31N7O2S. The highest BCUT2D eigenvalue weighted by atomic mass is 32.2. The average Bonchev–Trinajstić information content (AvgIpc) is 3.61. The number of amidine groups is 1. The zero-order valence-corrected chi connectivity index (χ0v) is 25.5. The van der Waals surface area contributed by atoms with Crippen molar-refractivity contribution in [3.63, 3.8) is 0 Å². The fourth-order valence-corrected chi connectivity index (χ4v) is 6.78. The van der Waals surface area contributed by atoms with E-state index >= 15 is 0 Å². The summed E-state index contributed by atoms with van der Waals surface area (Å²) in [5.41, 5.74) is 7.66. The van der Waals surface area contributed by atoms with E-state index in [-0.39, 0.29) is 11.4 Å². The average molecular weight is 614 g/mol. The molecule has 2 aromatic heterocycles. The predicted octanol–water partition coefficient (Wildman–Crippen LogP) is 6.48. The first kappa shape index (κ1) is 28.5. The molecule has 9 nitrogen and oxygen atoms in total. The van der Waals surface area contributed by atoms with Gasteiger partial charge in [0.05, 0.1) is 39.8 Å². The van der Waals surface area contributed by atoms with Crippen LogP contribution in [0, 0.1) is 0 Å². The van der Waals surface area contributed by atoms with Crippen molar-refractivity contribution >= 4 is 46.3 Å². The fraction of sp³-hybridized carbons (Fsp3) is 0.171. The Morgan fingerprint density at radius 3 is 2.49 bits per heavy atom. The first-order valence-corrected chi connectivity index (χ1v) is 15.8. The first-order chi connectivity index (χ1) is 22.0. The topological polar surface area (TPSA) is 113 Å². The molecule has 4 aromatic rings. The summed E-state index contributed by atoms with van der Waals surface area (Å²) in [5, 5.41) is 9.93. The lowest BCUT2D eigenvalue weighted by Crippen LogP contribution is -2.47. The third-order valence-electron chi connectivity index (χ3n) is 8.44. The molecule has 7 rings (SSSR count). The van der Waals surface area contributed by atoms with Gasteiger partial charge in [-0.25, -0.2) is 15.0 Å². The van der Waals surface area contributed by atoms with E-state index < -0.39 is 0 Å². The monoisotopic (exact) mass is 613 g/mol. The van der Waals surface area contributed by atoms with Crippen molar-refractivity contribution in [1.82, 2.24) is 25.2 Å². The van der Waals surface area contributed by atoms with Crippen LogP contribution in [0.15, 0.2) is 102 Å². The number of aliphatic imine (C=N–C) groups is 1. The van der Waals surface area contributed by atoms with Crippen LogP contribution in [0.25, 0.3) is 33.8 Å². The minimum atomic E-state index is -0.313. The van der Waals surface area contributed by atoms with Crippen LogP contribution in [0.1, 0.15) is 37.6 Å². The molecule has 1 saturated carbocycles. The van der Waals surface area contributed by atoms with Crippen molar-refractivity contribution in [2.45, 2.75) is 31.7 Å². The van der Waals surface area contributed by atoms with Crippen LogP contribution in [0.2, 0.25) is 0 Å². The maximum absolute atomic E-state index is 11.6. The van der Waals surface area contributed by atoms with Gasteiger partial charge in [-0.2, -0.15) is 0 Å². The number of hydrogen-bond acceptors (Lipinski definition) is 7. The minimum Gasteiger partial charge on any atom is -0.349 e. The van der Waals surface area contributed by atoms with E-state index in [1.54, 1.807) is 12.3 Å². The number of carbonyl (C=O) groups is 2. The molecule has 3 N–H and O–H groups in total. The van der Waals surface area contributed by atoms with Crippen molar-refractivity contribution in [3.05, 3.63) is 109 Å². The molecule has 1 saturated heterocycles. The third kappa shape index (κ3) is 5.06. The number of rotatable bonds is 8. The van der Waals surface area contributed by atoms with E-state index in [9.17, 15) is 9.59 Å². The van der Waals surface area contributed by atoms with Crippen LogP contribution in [0.4, 0.5) is 11.5 Å². The van der Waals surface area contributed by atoms with Gasteiger partial charge in [0.2, 0.25) is 12.3 Å². The maximum atomic E-state index is 11.6. The Kier molecular flexibility index (Phi) is 7.42. The van der Waals surface area contributed by atoms with Crippen LogP contribution in [0.5, 0.6) is 0 Å². The Hall–Kier alpha value is -5.22. The second-order valence-electron chi connectivity index (χ2n) is 11.1. The molecule has 0 unspecified atom stereocenters. The summed E-state index contributed by atoms with van der Waals surface area (Å²) in [5.74, 6) is 1.79. The molecule has 10 heteroatoms. The number of fused-ring (bicyclic) bond motifs is 3. The van der Waals surface area contributed by atoms with E-state index in [1.165, 1.54) is 11.8 Å². The molecule has 0 bridgehead atoms. The van der Waals surface area contributed by atoms with Gasteiger partial charge in [0.15, 0.2) is 11.0 Å². The summed E-state index contributed by atoms with van der Waals surface area (Å²) in [6, 6.07) is 20.3. The number of imidazole rings is 1. The van der Waals surface area contributed by atoms with E-state index in [4.69, 9.17) is 4.98 Å². The third-order valence-corrected chi connectivity index (χ3v) is 9.31. The largest absolute Gasteiger partial charge is 0.349 e. The normalized spacial score (nSPS) is 17.6. The number of carbonyl (C=O) groups excluding carboxylic acids is 2. The highest BCUT2D eigenvalue weighted by molar-refractivity contribution is 8.15. The minimum absolute atomic E-state index is 0.0381. The van der Waals surface area contributed by atoms with E-state index in [1.807, 2.05) is 55.5 Å². The van der Waals surface area contributed by atoms with Crippen molar-refractivity contribution in [2.75, 3.05) is 11.1 Å². The highest BCUT2D eigenvalue weighted by Crippen LogP contribution is 2.44. The summed E-state index contributed by atoms with van der Waals surface area (Å²) >= 11 is 1.40. The Balaban J connectivity index is 1.43. The molecule has 2 aliphatic heterocycles. The number of thioether (sulfide) groups is 1. The molecule has 2 aromatic carbocycles. The first-order valence-electron chi connectivity index (χ1n) is 14.8. The van der Waals surface area contributed by atoms with Crippen molar-refractivity contribution in [1.29, 1.82) is 0 Å². The molecule has 2 fully saturated rings. The van der Waals surface area contributed by atoms with Gasteiger partial charge in [-0.3, -0.25) is 14.2 Å². The van der Waals surface area contributed by atoms with Crippen molar-refractivity contribution in [2.24, 2.45) is 4.99 Å². The van der Waals surface area contributed by atoms with Crippen LogP contribution in [-0.4, -0.2) is 37.8 Å². The van der Waals surface area contributed by atoms with Gasteiger partial charge in [0, 0.05) is 22.9 Å². The van der Waals surface area contributed by atoms with Gasteiger partial charge in [-0.15, -0.1) is 0 Å². The summed E-state index contributed by atoms with van der Waals surface area (Å²) in [7, 11) is 0. The lowest BCUT2D eigenvalue weighted by atomic mass is 9.72. The summed E-state index contributed by atoms with van der Waals surface area (Å²) in [6.45, 7) is 6.06. The van der Waals surface area contributed by atoms with Gasteiger partial charge < -0.3 is 16.0 Å². The van der Waals surface area contributed by atoms with E-state index in [0.29, 0.717) is 16.7 Å². The smallest absolute Gasteiger partial charge is 0.236 e. The molecule has 4 heterocycles. The van der Waals surface area contributed by atoms with Crippen LogP contribution in [-0.2, 0) is 15.1 Å². The Labute approximate surface area is 265 Å². The molecule has 1 aliphatic carbocycles. The number of allylic oxidation sites excluding steroid dienone is 4. The summed E-state index contributed by atoms with van der Waals surface area (Å²) in [6.07, 6.45) is 11.3. The number of benzene rings is 2. The molecule has 45 heavy (non-hydrogen) atoms. The highest BCUT2D eigenvalue weighted by Gasteiger charge is 2.38. The van der Waals surface area contributed by atoms with E-state index in [0.717, 1.165) is 82.2 Å². The lowest BCUT2D eigenvalue weighted by molar-refractivity contribution is -0.117. The second kappa shape index (κ2) is 11.7.